The number of aliphatic carboxylic acids is 1. The molecule has 1 aliphatic rings. The fourth-order valence-corrected chi connectivity index (χ4v) is 2.13. The van der Waals surface area contributed by atoms with Crippen LogP contribution in [0.3, 0.4) is 0 Å². The van der Waals surface area contributed by atoms with E-state index < -0.39 is 11.9 Å². The molecular formula is C12H14NO4-. The molecule has 1 atom stereocenters. The van der Waals surface area contributed by atoms with Crippen molar-refractivity contribution in [3.05, 3.63) is 23.7 Å². The van der Waals surface area contributed by atoms with E-state index in [0.717, 1.165) is 0 Å². The molecular weight excluding hydrogens is 222 g/mol. The monoisotopic (exact) mass is 236 g/mol. The molecule has 0 unspecified atom stereocenters. The van der Waals surface area contributed by atoms with E-state index in [1.54, 1.807) is 17.9 Å². The van der Waals surface area contributed by atoms with E-state index in [-0.39, 0.29) is 12.5 Å². The zero-order valence-electron chi connectivity index (χ0n) is 9.64. The molecule has 1 aromatic heterocycles. The highest BCUT2D eigenvalue weighted by Gasteiger charge is 2.26. The van der Waals surface area contributed by atoms with Gasteiger partial charge in [-0.3, -0.25) is 4.79 Å². The molecule has 0 spiro atoms. The smallest absolute Gasteiger partial charge is 0.257 e. The number of aryl methyl sites for hydroxylation is 1. The summed E-state index contributed by atoms with van der Waals surface area (Å²) in [6.45, 7) is 2.53. The summed E-state index contributed by atoms with van der Waals surface area (Å²) in [5.74, 6) is -1.24. The Labute approximate surface area is 99.0 Å². The SMILES string of the molecule is Cc1occc1C(=O)N1CCC[C@H](C(=O)[O-])C1. The Morgan fingerprint density at radius 2 is 2.29 bits per heavy atom. The number of rotatable bonds is 2. The predicted octanol–water partition coefficient (Wildman–Crippen LogP) is 0.190. The van der Waals surface area contributed by atoms with E-state index in [2.05, 4.69) is 0 Å². The maximum absolute atomic E-state index is 12.1. The predicted molar refractivity (Wildman–Crippen MR) is 57.1 cm³/mol. The number of carboxylic acids is 1. The van der Waals surface area contributed by atoms with Crippen molar-refractivity contribution in [1.82, 2.24) is 4.90 Å². The fourth-order valence-electron chi connectivity index (χ4n) is 2.13. The molecule has 5 heteroatoms. The van der Waals surface area contributed by atoms with Crippen molar-refractivity contribution in [2.75, 3.05) is 13.1 Å². The Morgan fingerprint density at radius 3 is 2.88 bits per heavy atom. The molecule has 1 amide bonds. The lowest BCUT2D eigenvalue weighted by Gasteiger charge is -2.33. The number of piperidine rings is 1. The van der Waals surface area contributed by atoms with Gasteiger partial charge in [0.15, 0.2) is 0 Å². The molecule has 0 bridgehead atoms. The topological polar surface area (TPSA) is 73.6 Å². The van der Waals surface area contributed by atoms with Crippen LogP contribution in [-0.2, 0) is 4.79 Å². The normalized spacial score (nSPS) is 20.3. The van der Waals surface area contributed by atoms with Gasteiger partial charge in [-0.15, -0.1) is 0 Å². The van der Waals surface area contributed by atoms with Crippen molar-refractivity contribution in [2.24, 2.45) is 5.92 Å². The van der Waals surface area contributed by atoms with Crippen molar-refractivity contribution in [3.8, 4) is 0 Å². The molecule has 1 aliphatic heterocycles. The third kappa shape index (κ3) is 2.33. The Balaban J connectivity index is 2.10. The second-order valence-corrected chi connectivity index (χ2v) is 4.30. The quantitative estimate of drug-likeness (QED) is 0.734. The van der Waals surface area contributed by atoms with Gasteiger partial charge in [0.2, 0.25) is 0 Å². The van der Waals surface area contributed by atoms with Gasteiger partial charge in [0, 0.05) is 25.0 Å². The summed E-state index contributed by atoms with van der Waals surface area (Å²) in [6.07, 6.45) is 2.74. The van der Waals surface area contributed by atoms with Crippen LogP contribution in [0.1, 0.15) is 29.0 Å². The van der Waals surface area contributed by atoms with E-state index in [4.69, 9.17) is 4.42 Å². The Morgan fingerprint density at radius 1 is 1.53 bits per heavy atom. The molecule has 0 aliphatic carbocycles. The van der Waals surface area contributed by atoms with Crippen LogP contribution in [0.15, 0.2) is 16.7 Å². The minimum Gasteiger partial charge on any atom is -0.550 e. The second-order valence-electron chi connectivity index (χ2n) is 4.30. The van der Waals surface area contributed by atoms with E-state index in [1.807, 2.05) is 0 Å². The van der Waals surface area contributed by atoms with Gasteiger partial charge >= 0.3 is 0 Å². The summed E-state index contributed by atoms with van der Waals surface area (Å²) < 4.78 is 5.07. The van der Waals surface area contributed by atoms with Gasteiger partial charge in [0.05, 0.1) is 11.8 Å². The molecule has 1 fully saturated rings. The first-order valence-corrected chi connectivity index (χ1v) is 5.64. The van der Waals surface area contributed by atoms with Gasteiger partial charge in [0.1, 0.15) is 5.76 Å². The third-order valence-electron chi connectivity index (χ3n) is 3.13. The lowest BCUT2D eigenvalue weighted by Crippen LogP contribution is -2.46. The summed E-state index contributed by atoms with van der Waals surface area (Å²) >= 11 is 0. The molecule has 2 rings (SSSR count). The number of hydrogen-bond acceptors (Lipinski definition) is 4. The molecule has 0 saturated carbocycles. The van der Waals surface area contributed by atoms with Crippen molar-refractivity contribution in [3.63, 3.8) is 0 Å². The lowest BCUT2D eigenvalue weighted by atomic mass is 9.98. The van der Waals surface area contributed by atoms with Crippen molar-refractivity contribution in [2.45, 2.75) is 19.8 Å². The first-order valence-electron chi connectivity index (χ1n) is 5.64. The number of carbonyl (C=O) groups is 2. The fraction of sp³-hybridized carbons (Fsp3) is 0.500. The molecule has 17 heavy (non-hydrogen) atoms. The number of carbonyl (C=O) groups excluding carboxylic acids is 2. The van der Waals surface area contributed by atoms with Crippen LogP contribution in [0.5, 0.6) is 0 Å². The van der Waals surface area contributed by atoms with Crippen LogP contribution in [0.2, 0.25) is 0 Å². The highest BCUT2D eigenvalue weighted by atomic mass is 16.4. The van der Waals surface area contributed by atoms with Crippen molar-refractivity contribution < 1.29 is 19.1 Å². The van der Waals surface area contributed by atoms with E-state index >= 15 is 0 Å². The summed E-state index contributed by atoms with van der Waals surface area (Å²) in [5, 5.41) is 10.8. The lowest BCUT2D eigenvalue weighted by molar-refractivity contribution is -0.312. The largest absolute Gasteiger partial charge is 0.550 e. The van der Waals surface area contributed by atoms with Gasteiger partial charge in [0.25, 0.3) is 5.91 Å². The number of hydrogen-bond donors (Lipinski definition) is 0. The first-order chi connectivity index (χ1) is 8.09. The Hall–Kier alpha value is -1.78. The third-order valence-corrected chi connectivity index (χ3v) is 3.13. The number of amides is 1. The van der Waals surface area contributed by atoms with Gasteiger partial charge in [-0.05, 0) is 25.8 Å². The number of nitrogens with zero attached hydrogens (tertiary/aromatic N) is 1. The van der Waals surface area contributed by atoms with Crippen LogP contribution in [0, 0.1) is 12.8 Å². The number of carboxylic acid groups (broad SMARTS) is 1. The van der Waals surface area contributed by atoms with Crippen LogP contribution in [0.25, 0.3) is 0 Å². The van der Waals surface area contributed by atoms with Crippen molar-refractivity contribution >= 4 is 11.9 Å². The standard InChI is InChI=1S/C12H15NO4/c1-8-10(4-6-17-8)11(14)13-5-2-3-9(7-13)12(15)16/h4,6,9H,2-3,5,7H2,1H3,(H,15,16)/p-1/t9-/m0/s1. The average molecular weight is 236 g/mol. The molecule has 92 valence electrons. The molecule has 0 radical (unpaired) electrons. The van der Waals surface area contributed by atoms with Crippen LogP contribution >= 0.6 is 0 Å². The Kier molecular flexibility index (Phi) is 3.17. The number of furan rings is 1. The molecule has 0 aromatic carbocycles. The molecule has 0 N–H and O–H groups in total. The second kappa shape index (κ2) is 4.61. The molecule has 2 heterocycles. The Bertz CT molecular complexity index is 437. The van der Waals surface area contributed by atoms with Gasteiger partial charge < -0.3 is 19.2 Å². The summed E-state index contributed by atoms with van der Waals surface area (Å²) in [5.41, 5.74) is 0.504. The van der Waals surface area contributed by atoms with Crippen LogP contribution in [0.4, 0.5) is 0 Å². The molecule has 5 nitrogen and oxygen atoms in total. The van der Waals surface area contributed by atoms with Gasteiger partial charge in [-0.2, -0.15) is 0 Å². The highest BCUT2D eigenvalue weighted by Crippen LogP contribution is 2.19. The van der Waals surface area contributed by atoms with Gasteiger partial charge in [-0.25, -0.2) is 0 Å². The van der Waals surface area contributed by atoms with Crippen LogP contribution < -0.4 is 5.11 Å². The van der Waals surface area contributed by atoms with E-state index in [1.165, 1.54) is 6.26 Å². The summed E-state index contributed by atoms with van der Waals surface area (Å²) in [4.78, 5) is 24.5. The zero-order chi connectivity index (χ0) is 12.4. The van der Waals surface area contributed by atoms with E-state index in [9.17, 15) is 14.7 Å². The highest BCUT2D eigenvalue weighted by molar-refractivity contribution is 5.95. The molecule has 1 aromatic rings. The maximum Gasteiger partial charge on any atom is 0.257 e. The maximum atomic E-state index is 12.1. The average Bonchev–Trinajstić information content (AvgIpc) is 2.74. The van der Waals surface area contributed by atoms with Crippen LogP contribution in [-0.4, -0.2) is 29.9 Å². The van der Waals surface area contributed by atoms with Crippen molar-refractivity contribution in [1.29, 1.82) is 0 Å². The first kappa shape index (κ1) is 11.7. The van der Waals surface area contributed by atoms with Gasteiger partial charge in [-0.1, -0.05) is 0 Å². The van der Waals surface area contributed by atoms with E-state index in [0.29, 0.717) is 30.7 Å². The number of likely N-dealkylation sites (tertiary alicyclic amines) is 1. The minimum atomic E-state index is -1.08. The summed E-state index contributed by atoms with van der Waals surface area (Å²) in [6, 6.07) is 1.61. The zero-order valence-corrected chi connectivity index (χ0v) is 9.64. The molecule has 1 saturated heterocycles. The summed E-state index contributed by atoms with van der Waals surface area (Å²) in [7, 11) is 0. The minimum absolute atomic E-state index is 0.165.